The Labute approximate surface area is 143 Å². The monoisotopic (exact) mass is 332 g/mol. The van der Waals surface area contributed by atoms with E-state index in [4.69, 9.17) is 0 Å². The van der Waals surface area contributed by atoms with Crippen molar-refractivity contribution in [1.29, 1.82) is 0 Å². The second kappa shape index (κ2) is 6.72. The topological polar surface area (TPSA) is 47.9 Å². The van der Waals surface area contributed by atoms with Crippen LogP contribution in [0.25, 0.3) is 0 Å². The molecule has 3 aliphatic rings. The number of likely N-dealkylation sites (N-methyl/N-ethyl adjacent to an activating group) is 1. The van der Waals surface area contributed by atoms with Crippen LogP contribution in [-0.2, 0) is 0 Å². The number of carbonyl (C=O) groups is 1. The number of rotatable bonds is 5. The van der Waals surface area contributed by atoms with Crippen molar-refractivity contribution >= 4 is 11.7 Å². The molecule has 4 rings (SSSR count). The van der Waals surface area contributed by atoms with Crippen LogP contribution in [-0.4, -0.2) is 89.9 Å². The summed E-state index contributed by atoms with van der Waals surface area (Å²) in [7, 11) is 1.85. The quantitative estimate of drug-likeness (QED) is 0.810. The van der Waals surface area contributed by atoms with E-state index in [1.54, 1.807) is 4.90 Å². The van der Waals surface area contributed by atoms with Gasteiger partial charge in [-0.2, -0.15) is 5.10 Å². The van der Waals surface area contributed by atoms with Gasteiger partial charge in [0, 0.05) is 52.5 Å². The van der Waals surface area contributed by atoms with Crippen LogP contribution in [0.15, 0.2) is 12.4 Å². The highest BCUT2D eigenvalue weighted by Crippen LogP contribution is 2.25. The molecule has 3 saturated heterocycles. The number of aromatic nitrogens is 2. The van der Waals surface area contributed by atoms with E-state index in [1.807, 2.05) is 29.0 Å². The van der Waals surface area contributed by atoms with E-state index < -0.39 is 0 Å². The summed E-state index contributed by atoms with van der Waals surface area (Å²) >= 11 is 0. The van der Waals surface area contributed by atoms with Gasteiger partial charge in [0.25, 0.3) is 0 Å². The molecule has 24 heavy (non-hydrogen) atoms. The Morgan fingerprint density at radius 3 is 2.50 bits per heavy atom. The molecule has 7 heteroatoms. The second-order valence-electron chi connectivity index (χ2n) is 7.35. The molecule has 0 atom stereocenters. The van der Waals surface area contributed by atoms with Crippen molar-refractivity contribution in [2.75, 3.05) is 64.3 Å². The summed E-state index contributed by atoms with van der Waals surface area (Å²) in [6, 6.07) is 0.529. The third kappa shape index (κ3) is 3.15. The minimum atomic E-state index is 0.0753. The number of piperidine rings is 1. The van der Waals surface area contributed by atoms with Crippen molar-refractivity contribution in [3.05, 3.63) is 12.4 Å². The Morgan fingerprint density at radius 2 is 1.79 bits per heavy atom. The molecule has 132 valence electrons. The molecule has 0 unspecified atom stereocenters. The summed E-state index contributed by atoms with van der Waals surface area (Å²) in [5.74, 6) is 0. The molecule has 3 fully saturated rings. The Bertz CT molecular complexity index is 575. The lowest BCUT2D eigenvalue weighted by Gasteiger charge is -2.40. The first kappa shape index (κ1) is 15.9. The normalized spacial score (nSPS) is 24.0. The molecular weight excluding hydrogens is 304 g/mol. The summed E-state index contributed by atoms with van der Waals surface area (Å²) in [6.45, 7) is 8.61. The molecule has 4 heterocycles. The summed E-state index contributed by atoms with van der Waals surface area (Å²) in [5, 5.41) is 4.49. The highest BCUT2D eigenvalue weighted by molar-refractivity contribution is 5.93. The molecule has 0 N–H and O–H groups in total. The molecule has 3 aliphatic heterocycles. The zero-order valence-corrected chi connectivity index (χ0v) is 14.6. The van der Waals surface area contributed by atoms with Crippen LogP contribution in [0.1, 0.15) is 25.3 Å². The molecule has 7 nitrogen and oxygen atoms in total. The van der Waals surface area contributed by atoms with Gasteiger partial charge in [-0.1, -0.05) is 6.42 Å². The minimum Gasteiger partial charge on any atom is -0.326 e. The van der Waals surface area contributed by atoms with E-state index in [9.17, 15) is 4.79 Å². The SMILES string of the molecule is CN1CCN(c2cnn(C3CN(CCN4CCCCC4)C3)c2)C1=O. The average molecular weight is 332 g/mol. The van der Waals surface area contributed by atoms with Gasteiger partial charge in [-0.3, -0.25) is 14.5 Å². The predicted molar refractivity (Wildman–Crippen MR) is 93.4 cm³/mol. The molecule has 0 aromatic carbocycles. The number of carbonyl (C=O) groups excluding carboxylic acids is 1. The van der Waals surface area contributed by atoms with Crippen LogP contribution < -0.4 is 4.90 Å². The molecular formula is C17H28N6O. The molecule has 0 bridgehead atoms. The van der Waals surface area contributed by atoms with Gasteiger partial charge in [0.1, 0.15) is 0 Å². The second-order valence-corrected chi connectivity index (χ2v) is 7.35. The highest BCUT2D eigenvalue weighted by Gasteiger charge is 2.31. The lowest BCUT2D eigenvalue weighted by molar-refractivity contribution is 0.0805. The van der Waals surface area contributed by atoms with Crippen molar-refractivity contribution in [3.63, 3.8) is 0 Å². The van der Waals surface area contributed by atoms with E-state index in [2.05, 4.69) is 14.9 Å². The van der Waals surface area contributed by atoms with E-state index in [0.29, 0.717) is 6.04 Å². The Balaban J connectivity index is 1.24. The first-order valence-corrected chi connectivity index (χ1v) is 9.22. The summed E-state index contributed by atoms with van der Waals surface area (Å²) in [6.07, 6.45) is 7.99. The molecule has 0 saturated carbocycles. The fraction of sp³-hybridized carbons (Fsp3) is 0.765. The van der Waals surface area contributed by atoms with Gasteiger partial charge in [0.05, 0.1) is 17.9 Å². The Morgan fingerprint density at radius 1 is 1.04 bits per heavy atom. The number of hydrogen-bond acceptors (Lipinski definition) is 4. The number of urea groups is 1. The van der Waals surface area contributed by atoms with Gasteiger partial charge in [0.2, 0.25) is 0 Å². The molecule has 2 amide bonds. The Kier molecular flexibility index (Phi) is 4.45. The van der Waals surface area contributed by atoms with Crippen LogP contribution in [0.4, 0.5) is 10.5 Å². The third-order valence-corrected chi connectivity index (χ3v) is 5.61. The van der Waals surface area contributed by atoms with Gasteiger partial charge >= 0.3 is 6.03 Å². The molecule has 0 spiro atoms. The lowest BCUT2D eigenvalue weighted by atomic mass is 10.1. The maximum absolute atomic E-state index is 12.1. The van der Waals surface area contributed by atoms with Crippen molar-refractivity contribution in [2.45, 2.75) is 25.3 Å². The summed E-state index contributed by atoms with van der Waals surface area (Å²) in [5.41, 5.74) is 0.927. The third-order valence-electron chi connectivity index (χ3n) is 5.61. The minimum absolute atomic E-state index is 0.0753. The van der Waals surface area contributed by atoms with Crippen molar-refractivity contribution in [3.8, 4) is 0 Å². The van der Waals surface area contributed by atoms with Crippen LogP contribution in [0, 0.1) is 0 Å². The highest BCUT2D eigenvalue weighted by atomic mass is 16.2. The first-order chi connectivity index (χ1) is 11.7. The molecule has 1 aromatic rings. The fourth-order valence-electron chi connectivity index (χ4n) is 3.91. The number of anilines is 1. The van der Waals surface area contributed by atoms with Crippen LogP contribution in [0.2, 0.25) is 0 Å². The smallest absolute Gasteiger partial charge is 0.324 e. The van der Waals surface area contributed by atoms with E-state index in [1.165, 1.54) is 45.4 Å². The molecule has 1 aromatic heterocycles. The molecule has 0 aliphatic carbocycles. The van der Waals surface area contributed by atoms with Crippen LogP contribution >= 0.6 is 0 Å². The van der Waals surface area contributed by atoms with Crippen molar-refractivity contribution in [2.24, 2.45) is 0 Å². The van der Waals surface area contributed by atoms with Gasteiger partial charge in [-0.15, -0.1) is 0 Å². The van der Waals surface area contributed by atoms with Gasteiger partial charge in [-0.25, -0.2) is 4.79 Å². The number of hydrogen-bond donors (Lipinski definition) is 0. The standard InChI is InChI=1S/C17H28N6O/c1-19-7-10-22(17(19)24)15-11-18-23(14-15)16-12-21(13-16)9-8-20-5-3-2-4-6-20/h11,14,16H,2-10,12-13H2,1H3. The van der Waals surface area contributed by atoms with Crippen molar-refractivity contribution in [1.82, 2.24) is 24.5 Å². The maximum Gasteiger partial charge on any atom is 0.324 e. The fourth-order valence-corrected chi connectivity index (χ4v) is 3.91. The zero-order chi connectivity index (χ0) is 16.5. The van der Waals surface area contributed by atoms with Gasteiger partial charge in [0.15, 0.2) is 0 Å². The van der Waals surface area contributed by atoms with Crippen LogP contribution in [0.3, 0.4) is 0 Å². The van der Waals surface area contributed by atoms with Gasteiger partial charge < -0.3 is 9.80 Å². The molecule has 0 radical (unpaired) electrons. The Hall–Kier alpha value is -1.60. The number of likely N-dealkylation sites (tertiary alicyclic amines) is 2. The van der Waals surface area contributed by atoms with E-state index in [-0.39, 0.29) is 6.03 Å². The average Bonchev–Trinajstić information content (AvgIpc) is 3.15. The maximum atomic E-state index is 12.1. The lowest BCUT2D eigenvalue weighted by Crippen LogP contribution is -2.50. The van der Waals surface area contributed by atoms with E-state index >= 15 is 0 Å². The zero-order valence-electron chi connectivity index (χ0n) is 14.6. The van der Waals surface area contributed by atoms with Gasteiger partial charge in [-0.05, 0) is 25.9 Å². The van der Waals surface area contributed by atoms with Crippen molar-refractivity contribution < 1.29 is 4.79 Å². The largest absolute Gasteiger partial charge is 0.326 e. The number of nitrogens with zero attached hydrogens (tertiary/aromatic N) is 6. The van der Waals surface area contributed by atoms with Crippen LogP contribution in [0.5, 0.6) is 0 Å². The summed E-state index contributed by atoms with van der Waals surface area (Å²) in [4.78, 5) is 20.7. The number of amides is 2. The van der Waals surface area contributed by atoms with E-state index in [0.717, 1.165) is 31.9 Å². The first-order valence-electron chi connectivity index (χ1n) is 9.22. The predicted octanol–water partition coefficient (Wildman–Crippen LogP) is 1.10. The summed E-state index contributed by atoms with van der Waals surface area (Å²) < 4.78 is 2.04.